The molecule has 0 fully saturated rings. The van der Waals surface area contributed by atoms with Gasteiger partial charge < -0.3 is 5.11 Å². The van der Waals surface area contributed by atoms with Gasteiger partial charge in [0.05, 0.1) is 0 Å². The lowest BCUT2D eigenvalue weighted by molar-refractivity contribution is 0.399. The van der Waals surface area contributed by atoms with Crippen molar-refractivity contribution in [2.24, 2.45) is 0 Å². The second-order valence-electron chi connectivity index (χ2n) is 1.74. The number of rotatable bonds is 1. The molecule has 0 saturated heterocycles. The Labute approximate surface area is 91.0 Å². The Morgan fingerprint density at radius 1 is 1.18 bits per heavy atom. The lowest BCUT2D eigenvalue weighted by Crippen LogP contribution is -1.78. The van der Waals surface area contributed by atoms with Crippen molar-refractivity contribution in [3.63, 3.8) is 0 Å². The highest BCUT2D eigenvalue weighted by Gasteiger charge is 2.22. The Morgan fingerprint density at radius 3 is 1.91 bits per heavy atom. The summed E-state index contributed by atoms with van der Waals surface area (Å²) in [6.07, 6.45) is 0. The van der Waals surface area contributed by atoms with E-state index in [4.69, 9.17) is 5.11 Å². The Morgan fingerprint density at radius 2 is 1.64 bits per heavy atom. The summed E-state index contributed by atoms with van der Waals surface area (Å²) in [7, 11) is 1.00. The second-order valence-corrected chi connectivity index (χ2v) is 2.24. The predicted octanol–water partition coefficient (Wildman–Crippen LogP) is 1.54. The molecule has 7 radical (unpaired) electrons. The maximum absolute atomic E-state index is 7.00. The zero-order valence-electron chi connectivity index (χ0n) is 6.66. The molecular weight excluding hydrogens is 216 g/mol. The van der Waals surface area contributed by atoms with E-state index >= 15 is 0 Å². The molecule has 0 aliphatic heterocycles. The van der Waals surface area contributed by atoms with Crippen LogP contribution in [0.1, 0.15) is 5.56 Å². The molecule has 11 heavy (non-hydrogen) atoms. The third-order valence-electron chi connectivity index (χ3n) is 1.13. The van der Waals surface area contributed by atoms with Gasteiger partial charge in [-0.05, 0) is 0 Å². The fourth-order valence-electron chi connectivity index (χ4n) is 0.645. The highest BCUT2D eigenvalue weighted by molar-refractivity contribution is 8.93. The first-order valence-electron chi connectivity index (χ1n) is 3.21. The number of aliphatic hydroxyl groups is 1. The van der Waals surface area contributed by atoms with E-state index in [0.29, 0.717) is 0 Å². The third kappa shape index (κ3) is 6.81. The molecule has 0 saturated carbocycles. The summed E-state index contributed by atoms with van der Waals surface area (Å²) < 4.78 is 1.17. The minimum atomic E-state index is 0. The molecule has 0 spiro atoms. The number of benzene rings is 1. The summed E-state index contributed by atoms with van der Waals surface area (Å²) in [5, 5.41) is 7.00. The van der Waals surface area contributed by atoms with Crippen LogP contribution in [0.4, 0.5) is 0 Å². The van der Waals surface area contributed by atoms with E-state index in [1.165, 1.54) is 10.1 Å². The van der Waals surface area contributed by atoms with Crippen LogP contribution in [0.3, 0.4) is 0 Å². The molecule has 0 heterocycles. The summed E-state index contributed by atoms with van der Waals surface area (Å²) in [5.74, 6) is 0. The summed E-state index contributed by atoms with van der Waals surface area (Å²) in [6.45, 7) is 0. The van der Waals surface area contributed by atoms with Crippen LogP contribution in [-0.4, -0.2) is 33.9 Å². The smallest absolute Gasteiger partial charge is 0.400 e. The average molecular weight is 228 g/mol. The predicted molar refractivity (Wildman–Crippen MR) is 54.4 cm³/mol. The van der Waals surface area contributed by atoms with Gasteiger partial charge in [0.15, 0.2) is 0 Å². The first-order valence-corrected chi connectivity index (χ1v) is 4.21. The molecule has 1 nitrogen and oxygen atoms in total. The maximum Gasteiger partial charge on any atom is 1.42 e. The van der Waals surface area contributed by atoms with Crippen LogP contribution < -0.4 is 0 Å². The van der Waals surface area contributed by atoms with Crippen LogP contribution in [0.2, 0.25) is 0 Å². The van der Waals surface area contributed by atoms with Crippen LogP contribution >= 0.6 is 17.0 Å². The van der Waals surface area contributed by atoms with Gasteiger partial charge in [-0.3, -0.25) is 0 Å². The second kappa shape index (κ2) is 10.4. The molecule has 57 valence electrons. The van der Waals surface area contributed by atoms with E-state index in [1.54, 1.807) is 0 Å². The van der Waals surface area contributed by atoms with Crippen molar-refractivity contribution in [2.45, 2.75) is 4.55 Å². The van der Waals surface area contributed by atoms with Gasteiger partial charge in [-0.1, -0.05) is 30.3 Å². The molecule has 0 atom stereocenters. The monoisotopic (exact) mass is 227 g/mol. The van der Waals surface area contributed by atoms with Gasteiger partial charge in [0.1, 0.15) is 0 Å². The minimum Gasteiger partial charge on any atom is -0.400 e. The van der Waals surface area contributed by atoms with Gasteiger partial charge in [0, 0.05) is 12.7 Å². The van der Waals surface area contributed by atoms with Crippen LogP contribution in [0.25, 0.3) is 0 Å². The number of aliphatic hydroxyl groups excluding tert-OH is 1. The number of hydrogen-bond acceptors (Lipinski definition) is 1. The average Bonchev–Trinajstić information content (AvgIpc) is 2.10. The van der Waals surface area contributed by atoms with Gasteiger partial charge >= 0.3 is 21.7 Å². The van der Waals surface area contributed by atoms with Gasteiger partial charge in [0.25, 0.3) is 4.55 Å². The van der Waals surface area contributed by atoms with Crippen LogP contribution in [-0.2, 0) is 4.55 Å². The Bertz CT molecular complexity index is 155. The topological polar surface area (TPSA) is 20.2 Å². The maximum atomic E-state index is 7.00. The number of hydrogen-bond donors (Lipinski definition) is 1. The molecule has 1 N–H and O–H groups in total. The van der Waals surface area contributed by atoms with E-state index in [9.17, 15) is 0 Å². The number of halogens is 1. The van der Waals surface area contributed by atoms with Gasteiger partial charge in [0.2, 0.25) is 0 Å². The molecule has 1 aromatic carbocycles. The highest BCUT2D eigenvalue weighted by atomic mass is 79.9. The lowest BCUT2D eigenvalue weighted by Gasteiger charge is -1.80. The summed E-state index contributed by atoms with van der Waals surface area (Å²) in [4.78, 5) is 0. The molecule has 0 aliphatic rings. The fourth-order valence-corrected chi connectivity index (χ4v) is 0.978. The summed E-state index contributed by atoms with van der Waals surface area (Å²) in [6, 6.07) is 10.5. The van der Waals surface area contributed by atoms with Gasteiger partial charge in [-0.2, -0.15) is 0 Å². The zero-order valence-corrected chi connectivity index (χ0v) is 9.78. The van der Waals surface area contributed by atoms with Crippen LogP contribution in [0, 0.1) is 0 Å². The van der Waals surface area contributed by atoms with Crippen molar-refractivity contribution in [1.29, 1.82) is 0 Å². The van der Waals surface area contributed by atoms with E-state index in [0.717, 1.165) is 7.11 Å². The largest absolute Gasteiger partial charge is 1.42 e. The summed E-state index contributed by atoms with van der Waals surface area (Å²) in [5.41, 5.74) is 1.42. The normalized spacial score (nSPS) is 7.18. The molecule has 1 rings (SSSR count). The Balaban J connectivity index is 0. The Hall–Kier alpha value is 0.426. The van der Waals surface area contributed by atoms with Crippen molar-refractivity contribution in [2.75, 3.05) is 7.11 Å². The standard InChI is InChI=1S/C7H7.CH4O.BrH.Mg/c1-7-5-3-2-4-6-7;1-2;;/h2-6H,1H2;2H,1H3;1H;/q;;;+2. The van der Waals surface area contributed by atoms with E-state index in [-0.39, 0.29) is 17.0 Å². The lowest BCUT2D eigenvalue weighted by atomic mass is 10.2. The van der Waals surface area contributed by atoms with Crippen molar-refractivity contribution in [3.8, 4) is 0 Å². The van der Waals surface area contributed by atoms with E-state index in [2.05, 4.69) is 24.3 Å². The molecule has 0 amide bonds. The van der Waals surface area contributed by atoms with Crippen LogP contribution in [0.15, 0.2) is 30.3 Å². The van der Waals surface area contributed by atoms with Gasteiger partial charge in [-0.25, -0.2) is 0 Å². The highest BCUT2D eigenvalue weighted by Crippen LogP contribution is 1.95. The van der Waals surface area contributed by atoms with Crippen LogP contribution in [0.5, 0.6) is 0 Å². The first kappa shape index (κ1) is 14.0. The SMILES string of the molecule is Br.CO.[Mg+2][CH2]c1ccccc1. The van der Waals surface area contributed by atoms with E-state index < -0.39 is 0 Å². The molecule has 0 unspecified atom stereocenters. The van der Waals surface area contributed by atoms with Crippen molar-refractivity contribution in [1.82, 2.24) is 0 Å². The quantitative estimate of drug-likeness (QED) is 0.723. The molecule has 1 aromatic rings. The molecular formula is C8H12BrMgO+2. The van der Waals surface area contributed by atoms with Crippen molar-refractivity contribution < 1.29 is 5.11 Å². The molecule has 0 aromatic heterocycles. The van der Waals surface area contributed by atoms with Crippen molar-refractivity contribution >= 4 is 38.7 Å². The Kier molecular flexibility index (Phi) is 13.3. The van der Waals surface area contributed by atoms with Gasteiger partial charge in [-0.15, -0.1) is 17.0 Å². The summed E-state index contributed by atoms with van der Waals surface area (Å²) >= 11 is 1.98. The first-order chi connectivity index (χ1) is 4.93. The fraction of sp³-hybridized carbons (Fsp3) is 0.250. The molecule has 0 aliphatic carbocycles. The third-order valence-corrected chi connectivity index (χ3v) is 1.71. The van der Waals surface area contributed by atoms with E-state index in [1.807, 2.05) is 27.8 Å². The molecule has 0 bridgehead atoms. The zero-order chi connectivity index (χ0) is 7.82. The van der Waals surface area contributed by atoms with Crippen molar-refractivity contribution in [3.05, 3.63) is 35.9 Å². The molecule has 3 heteroatoms. The minimum absolute atomic E-state index is 0.